The van der Waals surface area contributed by atoms with Crippen molar-refractivity contribution in [2.24, 2.45) is 11.1 Å². The molecule has 22 heteroatoms. The van der Waals surface area contributed by atoms with Gasteiger partial charge in [0.25, 0.3) is 0 Å². The van der Waals surface area contributed by atoms with Gasteiger partial charge in [-0.05, 0) is 68.5 Å². The largest absolute Gasteiger partial charge is 0.387 e. The van der Waals surface area contributed by atoms with Gasteiger partial charge >= 0.3 is 0 Å². The highest BCUT2D eigenvalue weighted by molar-refractivity contribution is 8.00. The van der Waals surface area contributed by atoms with Crippen LogP contribution in [0.2, 0.25) is 0 Å². The highest BCUT2D eigenvalue weighted by Gasteiger charge is 2.40. The maximum Gasteiger partial charge on any atom is 0.248 e. The third kappa shape index (κ3) is 22.1. The zero-order valence-corrected chi connectivity index (χ0v) is 44.8. The molecular formula is C53H78F2N8O11S. The van der Waals surface area contributed by atoms with Crippen LogP contribution in [0.3, 0.4) is 0 Å². The van der Waals surface area contributed by atoms with E-state index in [0.29, 0.717) is 77.4 Å². The standard InChI is InChI=1S/C53H78F2N8O11S/c1-53(2,3)49(50-60-44(41-32-39(54)15-16-42(41)55)36-61(50)34-38-12-7-5-8-13-38)62(48(68)37-64)22-17-43(56)51(69)59-21-11-14-40(65)35-63-47(67)33-45(52(63)70)75-31-30-74-29-28-73-27-26-72-25-24-71-23-18-46(66)58-20-10-6-9-19-57-4/h5,7-8,12-13,15-16,32,36,43,45,49,57,64H,6,9-11,14,17-31,33-35,37,56H2,1-4H3,(H,58,66)(H,59,69)/t43-,45?,49-/m0/s1. The third-order valence-corrected chi connectivity index (χ3v) is 13.3. The highest BCUT2D eigenvalue weighted by atomic mass is 32.2. The summed E-state index contributed by atoms with van der Waals surface area (Å²) in [6, 6.07) is 10.5. The van der Waals surface area contributed by atoms with E-state index in [4.69, 9.17) is 29.7 Å². The number of ketones is 1. The Labute approximate surface area is 443 Å². The van der Waals surface area contributed by atoms with Crippen LogP contribution in [0.1, 0.15) is 89.6 Å². The Balaban J connectivity index is 1.11. The first-order valence-corrected chi connectivity index (χ1v) is 26.8. The molecule has 1 unspecified atom stereocenters. The molecule has 19 nitrogen and oxygen atoms in total. The first-order valence-electron chi connectivity index (χ1n) is 25.7. The summed E-state index contributed by atoms with van der Waals surface area (Å²) >= 11 is 1.29. The van der Waals surface area contributed by atoms with Gasteiger partial charge in [-0.25, -0.2) is 13.8 Å². The molecule has 75 heavy (non-hydrogen) atoms. The second-order valence-electron chi connectivity index (χ2n) is 19.2. The Morgan fingerprint density at radius 2 is 1.52 bits per heavy atom. The van der Waals surface area contributed by atoms with E-state index in [1.807, 2.05) is 58.2 Å². The van der Waals surface area contributed by atoms with Gasteiger partial charge in [-0.2, -0.15) is 0 Å². The number of nitrogens with one attached hydrogen (secondary N) is 3. The summed E-state index contributed by atoms with van der Waals surface area (Å²) in [7, 11) is 1.92. The number of rotatable bonds is 38. The molecule has 1 saturated heterocycles. The van der Waals surface area contributed by atoms with E-state index in [2.05, 4.69) is 16.0 Å². The summed E-state index contributed by atoms with van der Waals surface area (Å²) in [6.07, 6.45) is 5.20. The monoisotopic (exact) mass is 1070 g/mol. The number of likely N-dealkylation sites (tertiary alicyclic amines) is 1. The summed E-state index contributed by atoms with van der Waals surface area (Å²) in [5, 5.41) is 18.2. The molecule has 1 aliphatic heterocycles. The second kappa shape index (κ2) is 33.8. The molecule has 3 aromatic rings. The van der Waals surface area contributed by atoms with Gasteiger partial charge in [-0.15, -0.1) is 11.8 Å². The minimum atomic E-state index is -1.10. The van der Waals surface area contributed by atoms with Crippen molar-refractivity contribution >= 4 is 47.1 Å². The molecule has 6 N–H and O–H groups in total. The van der Waals surface area contributed by atoms with E-state index in [-0.39, 0.29) is 74.8 Å². The molecule has 3 atom stereocenters. The van der Waals surface area contributed by atoms with Crippen LogP contribution in [0.25, 0.3) is 11.3 Å². The van der Waals surface area contributed by atoms with Gasteiger partial charge in [0.05, 0.1) is 82.4 Å². The lowest BCUT2D eigenvalue weighted by Gasteiger charge is -2.40. The summed E-state index contributed by atoms with van der Waals surface area (Å²) in [6.45, 7) is 9.23. The molecule has 5 amide bonds. The quantitative estimate of drug-likeness (QED) is 0.0405. The first kappa shape index (κ1) is 62.3. The number of nitrogens with two attached hydrogens (primary N) is 1. The summed E-state index contributed by atoms with van der Waals surface area (Å²) in [4.78, 5) is 84.3. The van der Waals surface area contributed by atoms with Gasteiger partial charge in [0.1, 0.15) is 24.1 Å². The number of imidazole rings is 1. The Bertz CT molecular complexity index is 2250. The number of ether oxygens (including phenoxy) is 4. The Hall–Kier alpha value is -5.20. The number of carbonyl (C=O) groups excluding carboxylic acids is 6. The topological polar surface area (TPSA) is 246 Å². The molecule has 1 aliphatic rings. The minimum absolute atomic E-state index is 0.0104. The maximum atomic E-state index is 15.1. The van der Waals surface area contributed by atoms with Crippen molar-refractivity contribution in [3.63, 3.8) is 0 Å². The van der Waals surface area contributed by atoms with Gasteiger partial charge in [-0.1, -0.05) is 57.5 Å². The number of unbranched alkanes of at least 4 members (excludes halogenated alkanes) is 2. The molecule has 0 bridgehead atoms. The van der Waals surface area contributed by atoms with Crippen molar-refractivity contribution in [1.29, 1.82) is 0 Å². The summed E-state index contributed by atoms with van der Waals surface area (Å²) in [5.74, 6) is -2.94. The highest BCUT2D eigenvalue weighted by Crippen LogP contribution is 2.39. The zero-order valence-electron chi connectivity index (χ0n) is 44.0. The number of benzene rings is 2. The predicted octanol–water partition coefficient (Wildman–Crippen LogP) is 3.79. The smallest absolute Gasteiger partial charge is 0.248 e. The van der Waals surface area contributed by atoms with Crippen molar-refractivity contribution in [3.8, 4) is 11.3 Å². The van der Waals surface area contributed by atoms with E-state index in [9.17, 15) is 38.3 Å². The van der Waals surface area contributed by atoms with E-state index in [1.54, 1.807) is 10.8 Å². The maximum absolute atomic E-state index is 15.1. The SMILES string of the molecule is CNCCCCCNC(=O)CCOCCOCCOCCOCCSC1CC(=O)N(CC(=O)CCCNC(=O)[C@@H](N)CCN(C(=O)CO)[C@@H](c2nc(-c3cc(F)ccc3F)cn2Cc2ccccc2)C(C)(C)C)C1=O. The average Bonchev–Trinajstić information content (AvgIpc) is 3.90. The molecule has 0 saturated carbocycles. The lowest BCUT2D eigenvalue weighted by molar-refractivity contribution is -0.142. The third-order valence-electron chi connectivity index (χ3n) is 12.1. The second-order valence-corrected chi connectivity index (χ2v) is 20.5. The number of aliphatic hydroxyl groups is 1. The van der Waals surface area contributed by atoms with E-state index >= 15 is 4.39 Å². The molecule has 0 spiro atoms. The lowest BCUT2D eigenvalue weighted by Crippen LogP contribution is -2.48. The number of halogens is 2. The van der Waals surface area contributed by atoms with E-state index < -0.39 is 64.6 Å². The number of thioether (sulfide) groups is 1. The average molecular weight is 1070 g/mol. The van der Waals surface area contributed by atoms with Crippen LogP contribution in [0.15, 0.2) is 54.7 Å². The number of amides is 5. The van der Waals surface area contributed by atoms with Crippen LogP contribution in [0.5, 0.6) is 0 Å². The molecule has 1 aromatic heterocycles. The first-order chi connectivity index (χ1) is 36.0. The fourth-order valence-corrected chi connectivity index (χ4v) is 9.23. The number of imide groups is 1. The van der Waals surface area contributed by atoms with Crippen LogP contribution in [0.4, 0.5) is 8.78 Å². The van der Waals surface area contributed by atoms with E-state index in [0.717, 1.165) is 54.5 Å². The lowest BCUT2D eigenvalue weighted by atomic mass is 9.84. The Morgan fingerprint density at radius 1 is 0.867 bits per heavy atom. The van der Waals surface area contributed by atoms with E-state index in [1.165, 1.54) is 16.7 Å². The number of aromatic nitrogens is 2. The van der Waals surface area contributed by atoms with Crippen LogP contribution in [-0.4, -0.2) is 176 Å². The van der Waals surface area contributed by atoms with Crippen molar-refractivity contribution in [3.05, 3.63) is 77.8 Å². The zero-order chi connectivity index (χ0) is 54.6. The molecule has 0 aliphatic carbocycles. The summed E-state index contributed by atoms with van der Waals surface area (Å²) in [5.41, 5.74) is 6.55. The molecular weight excluding hydrogens is 995 g/mol. The Morgan fingerprint density at radius 3 is 2.19 bits per heavy atom. The van der Waals surface area contributed by atoms with Crippen molar-refractivity contribution in [1.82, 2.24) is 35.3 Å². The molecule has 4 rings (SSSR count). The van der Waals surface area contributed by atoms with Crippen LogP contribution >= 0.6 is 11.8 Å². The van der Waals surface area contributed by atoms with Crippen LogP contribution in [0, 0.1) is 17.0 Å². The molecule has 2 aromatic carbocycles. The van der Waals surface area contributed by atoms with Gasteiger partial charge in [0, 0.05) is 63.0 Å². The minimum Gasteiger partial charge on any atom is -0.387 e. The molecule has 0 radical (unpaired) electrons. The summed E-state index contributed by atoms with van der Waals surface area (Å²) < 4.78 is 53.3. The van der Waals surface area contributed by atoms with Crippen LogP contribution < -0.4 is 21.7 Å². The normalized spacial score (nSPS) is 14.6. The van der Waals surface area contributed by atoms with Gasteiger partial charge in [0.15, 0.2) is 5.78 Å². The van der Waals surface area contributed by atoms with Gasteiger partial charge < -0.3 is 55.2 Å². The molecule has 2 heterocycles. The number of carbonyl (C=O) groups is 6. The molecule has 416 valence electrons. The number of Topliss-reactive ketones (excluding diaryl/α,β-unsaturated/α-hetero) is 1. The fourth-order valence-electron chi connectivity index (χ4n) is 8.20. The number of nitrogens with zero attached hydrogens (tertiary/aromatic N) is 4. The van der Waals surface area contributed by atoms with Crippen molar-refractivity contribution in [2.45, 2.75) is 96.0 Å². The van der Waals surface area contributed by atoms with Gasteiger partial charge in [0.2, 0.25) is 29.5 Å². The number of aliphatic hydroxyl groups excluding tert-OH is 1. The molecule has 1 fully saturated rings. The Kier molecular flexibility index (Phi) is 28.1. The predicted molar refractivity (Wildman–Crippen MR) is 280 cm³/mol. The van der Waals surface area contributed by atoms with Crippen molar-refractivity contribution in [2.75, 3.05) is 105 Å². The van der Waals surface area contributed by atoms with Gasteiger partial charge in [-0.3, -0.25) is 33.7 Å². The van der Waals surface area contributed by atoms with Crippen molar-refractivity contribution < 1.29 is 61.6 Å². The number of hydrogen-bond acceptors (Lipinski definition) is 15. The number of hydrogen-bond donors (Lipinski definition) is 5. The fraction of sp³-hybridized carbons (Fsp3) is 0.604. The van der Waals surface area contributed by atoms with Crippen LogP contribution in [-0.2, 0) is 54.3 Å².